The lowest BCUT2D eigenvalue weighted by Crippen LogP contribution is -2.04. The molecule has 1 N–H and O–H groups in total. The molecule has 2 rings (SSSR count). The third-order valence-corrected chi connectivity index (χ3v) is 3.33. The second-order valence-corrected chi connectivity index (χ2v) is 4.51. The lowest BCUT2D eigenvalue weighted by atomic mass is 10.1. The molecule has 0 aliphatic carbocycles. The number of carboxylic acid groups (broad SMARTS) is 1. The number of aromatic carboxylic acids is 1. The maximum atomic E-state index is 10.9. The van der Waals surface area contributed by atoms with Crippen molar-refractivity contribution in [3.05, 3.63) is 46.3 Å². The van der Waals surface area contributed by atoms with E-state index in [0.29, 0.717) is 5.56 Å². The van der Waals surface area contributed by atoms with Crippen LogP contribution in [0.2, 0.25) is 0 Å². The summed E-state index contributed by atoms with van der Waals surface area (Å²) >= 11 is 0. The van der Waals surface area contributed by atoms with Crippen molar-refractivity contribution < 1.29 is 9.90 Å². The maximum Gasteiger partial charge on any atom is 0.335 e. The fourth-order valence-electron chi connectivity index (χ4n) is 1.98. The summed E-state index contributed by atoms with van der Waals surface area (Å²) in [7, 11) is 0. The molecular weight excluding hydrogens is 228 g/mol. The predicted octanol–water partition coefficient (Wildman–Crippen LogP) is 2.80. The number of aromatic nitrogens is 2. The van der Waals surface area contributed by atoms with Crippen molar-refractivity contribution in [2.45, 2.75) is 27.7 Å². The molecule has 0 aliphatic rings. The molecule has 4 nitrogen and oxygen atoms in total. The second kappa shape index (κ2) is 4.29. The third-order valence-electron chi connectivity index (χ3n) is 3.33. The van der Waals surface area contributed by atoms with E-state index in [9.17, 15) is 4.79 Å². The molecule has 4 heteroatoms. The van der Waals surface area contributed by atoms with Crippen LogP contribution in [0, 0.1) is 27.7 Å². The number of aryl methyl sites for hydroxylation is 2. The van der Waals surface area contributed by atoms with Gasteiger partial charge in [-0.3, -0.25) is 0 Å². The first-order valence-corrected chi connectivity index (χ1v) is 5.79. The number of carbonyl (C=O) groups is 1. The summed E-state index contributed by atoms with van der Waals surface area (Å²) < 4.78 is 1.87. The minimum Gasteiger partial charge on any atom is -0.478 e. The Morgan fingerprint density at radius 1 is 1.22 bits per heavy atom. The van der Waals surface area contributed by atoms with E-state index in [1.165, 1.54) is 0 Å². The molecule has 0 bridgehead atoms. The molecule has 0 saturated heterocycles. The van der Waals surface area contributed by atoms with Crippen molar-refractivity contribution in [3.8, 4) is 5.69 Å². The Bertz CT molecular complexity index is 627. The predicted molar refractivity (Wildman–Crippen MR) is 69.5 cm³/mol. The highest BCUT2D eigenvalue weighted by atomic mass is 16.4. The SMILES string of the molecule is Cc1cc(C(=O)O)ccc1-n1nc(C)c(C)c1C. The minimum absolute atomic E-state index is 0.300. The van der Waals surface area contributed by atoms with Crippen LogP contribution in [0.5, 0.6) is 0 Å². The number of benzene rings is 1. The van der Waals surface area contributed by atoms with Crippen LogP contribution in [0.25, 0.3) is 5.69 Å². The van der Waals surface area contributed by atoms with E-state index < -0.39 is 5.97 Å². The Labute approximate surface area is 106 Å². The molecule has 0 amide bonds. The number of nitrogens with zero attached hydrogens (tertiary/aromatic N) is 2. The van der Waals surface area contributed by atoms with Crippen LogP contribution >= 0.6 is 0 Å². The minimum atomic E-state index is -0.908. The van der Waals surface area contributed by atoms with E-state index in [0.717, 1.165) is 28.2 Å². The average Bonchev–Trinajstić information content (AvgIpc) is 2.57. The molecule has 2 aromatic rings. The van der Waals surface area contributed by atoms with Crippen LogP contribution in [-0.2, 0) is 0 Å². The number of rotatable bonds is 2. The highest BCUT2D eigenvalue weighted by Crippen LogP contribution is 2.20. The number of carboxylic acids is 1. The van der Waals surface area contributed by atoms with E-state index in [-0.39, 0.29) is 0 Å². The topological polar surface area (TPSA) is 55.1 Å². The van der Waals surface area contributed by atoms with Gasteiger partial charge in [0.1, 0.15) is 0 Å². The van der Waals surface area contributed by atoms with E-state index >= 15 is 0 Å². The molecule has 0 fully saturated rings. The first kappa shape index (κ1) is 12.4. The van der Waals surface area contributed by atoms with Gasteiger partial charge in [-0.1, -0.05) is 0 Å². The molecule has 94 valence electrons. The van der Waals surface area contributed by atoms with Gasteiger partial charge in [-0.05, 0) is 57.0 Å². The Balaban J connectivity index is 2.58. The lowest BCUT2D eigenvalue weighted by molar-refractivity contribution is 0.0697. The summed E-state index contributed by atoms with van der Waals surface area (Å²) in [6.45, 7) is 7.92. The molecule has 0 saturated carbocycles. The first-order valence-electron chi connectivity index (χ1n) is 5.79. The summed E-state index contributed by atoms with van der Waals surface area (Å²) in [4.78, 5) is 10.9. The van der Waals surface area contributed by atoms with Crippen molar-refractivity contribution in [2.24, 2.45) is 0 Å². The van der Waals surface area contributed by atoms with Crippen LogP contribution < -0.4 is 0 Å². The van der Waals surface area contributed by atoms with Gasteiger partial charge in [-0.25, -0.2) is 9.48 Å². The first-order chi connectivity index (χ1) is 8.41. The van der Waals surface area contributed by atoms with E-state index in [1.54, 1.807) is 18.2 Å². The van der Waals surface area contributed by atoms with Gasteiger partial charge < -0.3 is 5.11 Å². The van der Waals surface area contributed by atoms with Crippen LogP contribution in [0.4, 0.5) is 0 Å². The molecule has 18 heavy (non-hydrogen) atoms. The van der Waals surface area contributed by atoms with Crippen LogP contribution in [-0.4, -0.2) is 20.9 Å². The van der Waals surface area contributed by atoms with Gasteiger partial charge in [0.05, 0.1) is 16.9 Å². The molecule has 1 heterocycles. The van der Waals surface area contributed by atoms with E-state index in [2.05, 4.69) is 5.10 Å². The summed E-state index contributed by atoms with van der Waals surface area (Å²) in [5.41, 5.74) is 5.37. The third kappa shape index (κ3) is 1.90. The van der Waals surface area contributed by atoms with Crippen LogP contribution in [0.3, 0.4) is 0 Å². The molecular formula is C14H16N2O2. The van der Waals surface area contributed by atoms with Crippen LogP contribution in [0.15, 0.2) is 18.2 Å². The molecule has 1 aromatic heterocycles. The largest absolute Gasteiger partial charge is 0.478 e. The van der Waals surface area contributed by atoms with E-state index in [1.807, 2.05) is 32.4 Å². The van der Waals surface area contributed by atoms with E-state index in [4.69, 9.17) is 5.11 Å². The zero-order valence-electron chi connectivity index (χ0n) is 11.0. The summed E-state index contributed by atoms with van der Waals surface area (Å²) in [5.74, 6) is -0.908. The summed E-state index contributed by atoms with van der Waals surface area (Å²) in [5, 5.41) is 13.4. The molecule has 1 aromatic carbocycles. The Morgan fingerprint density at radius 2 is 1.89 bits per heavy atom. The highest BCUT2D eigenvalue weighted by Gasteiger charge is 2.12. The molecule has 0 aliphatic heterocycles. The fourth-order valence-corrected chi connectivity index (χ4v) is 1.98. The monoisotopic (exact) mass is 244 g/mol. The molecule has 0 spiro atoms. The normalized spacial score (nSPS) is 10.7. The summed E-state index contributed by atoms with van der Waals surface area (Å²) in [6, 6.07) is 5.08. The van der Waals surface area contributed by atoms with Gasteiger partial charge in [-0.2, -0.15) is 5.10 Å². The zero-order valence-corrected chi connectivity index (χ0v) is 11.0. The smallest absolute Gasteiger partial charge is 0.335 e. The van der Waals surface area contributed by atoms with Gasteiger partial charge in [0, 0.05) is 5.69 Å². The fraction of sp³-hybridized carbons (Fsp3) is 0.286. The lowest BCUT2D eigenvalue weighted by Gasteiger charge is -2.09. The quantitative estimate of drug-likeness (QED) is 0.883. The average molecular weight is 244 g/mol. The van der Waals surface area contributed by atoms with Gasteiger partial charge in [0.25, 0.3) is 0 Å². The Hall–Kier alpha value is -2.10. The molecule has 0 atom stereocenters. The molecule has 0 unspecified atom stereocenters. The Morgan fingerprint density at radius 3 is 2.33 bits per heavy atom. The van der Waals surface area contributed by atoms with Crippen molar-refractivity contribution in [2.75, 3.05) is 0 Å². The highest BCUT2D eigenvalue weighted by molar-refractivity contribution is 5.88. The Kier molecular flexibility index (Phi) is 2.95. The van der Waals surface area contributed by atoms with Crippen molar-refractivity contribution in [1.82, 2.24) is 9.78 Å². The van der Waals surface area contributed by atoms with Crippen molar-refractivity contribution >= 4 is 5.97 Å². The van der Waals surface area contributed by atoms with Gasteiger partial charge in [0.15, 0.2) is 0 Å². The van der Waals surface area contributed by atoms with Crippen molar-refractivity contribution in [1.29, 1.82) is 0 Å². The summed E-state index contributed by atoms with van der Waals surface area (Å²) in [6.07, 6.45) is 0. The van der Waals surface area contributed by atoms with Gasteiger partial charge in [0.2, 0.25) is 0 Å². The molecule has 0 radical (unpaired) electrons. The standard InChI is InChI=1S/C14H16N2O2/c1-8-7-12(14(17)18)5-6-13(8)16-11(4)9(2)10(3)15-16/h5-7H,1-4H3,(H,17,18). The zero-order chi connectivity index (χ0) is 13.4. The van der Waals surface area contributed by atoms with Gasteiger partial charge in [-0.15, -0.1) is 0 Å². The maximum absolute atomic E-state index is 10.9. The second-order valence-electron chi connectivity index (χ2n) is 4.51. The van der Waals surface area contributed by atoms with Gasteiger partial charge >= 0.3 is 5.97 Å². The number of hydrogen-bond acceptors (Lipinski definition) is 2. The number of hydrogen-bond donors (Lipinski definition) is 1. The van der Waals surface area contributed by atoms with Crippen molar-refractivity contribution in [3.63, 3.8) is 0 Å². The van der Waals surface area contributed by atoms with Crippen LogP contribution in [0.1, 0.15) is 32.9 Å².